The second kappa shape index (κ2) is 4.31. The van der Waals surface area contributed by atoms with Crippen LogP contribution >= 0.6 is 11.6 Å². The van der Waals surface area contributed by atoms with Crippen LogP contribution in [0.2, 0.25) is 5.15 Å². The second-order valence-corrected chi connectivity index (χ2v) is 4.35. The van der Waals surface area contributed by atoms with E-state index in [4.69, 9.17) is 11.6 Å². The van der Waals surface area contributed by atoms with Gasteiger partial charge in [-0.25, -0.2) is 4.98 Å². The SMILES string of the molecule is O=CC1=Cc2ncc(Cl)n2CN1c1ccccc1. The Hall–Kier alpha value is -2.07. The molecule has 0 atom stereocenters. The van der Waals surface area contributed by atoms with Gasteiger partial charge in [-0.2, -0.15) is 0 Å². The zero-order valence-electron chi connectivity index (χ0n) is 9.45. The van der Waals surface area contributed by atoms with Gasteiger partial charge in [0.25, 0.3) is 0 Å². The van der Waals surface area contributed by atoms with Crippen LogP contribution in [0.5, 0.6) is 0 Å². The van der Waals surface area contributed by atoms with Crippen LogP contribution in [0.15, 0.2) is 42.2 Å². The molecule has 0 radical (unpaired) electrons. The van der Waals surface area contributed by atoms with E-state index in [1.54, 1.807) is 12.3 Å². The normalized spacial score (nSPS) is 14.1. The van der Waals surface area contributed by atoms with Crippen molar-refractivity contribution in [2.24, 2.45) is 0 Å². The van der Waals surface area contributed by atoms with E-state index in [2.05, 4.69) is 4.98 Å². The molecule has 0 saturated carbocycles. The molecule has 3 rings (SSSR count). The fourth-order valence-electron chi connectivity index (χ4n) is 1.99. The molecule has 1 aliphatic rings. The number of anilines is 1. The van der Waals surface area contributed by atoms with Gasteiger partial charge >= 0.3 is 0 Å². The summed E-state index contributed by atoms with van der Waals surface area (Å²) in [6.07, 6.45) is 4.15. The quantitative estimate of drug-likeness (QED) is 0.778. The van der Waals surface area contributed by atoms with Crippen molar-refractivity contribution in [3.05, 3.63) is 53.2 Å². The molecule has 1 aromatic heterocycles. The highest BCUT2D eigenvalue weighted by atomic mass is 35.5. The summed E-state index contributed by atoms with van der Waals surface area (Å²) >= 11 is 6.06. The first-order valence-corrected chi connectivity index (χ1v) is 5.88. The zero-order valence-corrected chi connectivity index (χ0v) is 10.2. The Kier molecular flexibility index (Phi) is 2.64. The maximum absolute atomic E-state index is 11.2. The van der Waals surface area contributed by atoms with E-state index in [-0.39, 0.29) is 0 Å². The lowest BCUT2D eigenvalue weighted by Crippen LogP contribution is -2.30. The average molecular weight is 260 g/mol. The van der Waals surface area contributed by atoms with Gasteiger partial charge in [0.15, 0.2) is 6.29 Å². The molecular weight excluding hydrogens is 250 g/mol. The van der Waals surface area contributed by atoms with Crippen molar-refractivity contribution in [2.75, 3.05) is 4.90 Å². The predicted octanol–water partition coefficient (Wildman–Crippen LogP) is 2.55. The van der Waals surface area contributed by atoms with Crippen molar-refractivity contribution in [3.63, 3.8) is 0 Å². The molecular formula is C13H10ClN3O. The van der Waals surface area contributed by atoms with Gasteiger partial charge in [-0.3, -0.25) is 9.36 Å². The molecule has 0 aliphatic carbocycles. The molecule has 4 nitrogen and oxygen atoms in total. The fraction of sp³-hybridized carbons (Fsp3) is 0.0769. The number of aromatic nitrogens is 2. The molecule has 5 heteroatoms. The predicted molar refractivity (Wildman–Crippen MR) is 70.2 cm³/mol. The zero-order chi connectivity index (χ0) is 12.5. The van der Waals surface area contributed by atoms with Crippen LogP contribution in [0.25, 0.3) is 6.08 Å². The molecule has 0 saturated heterocycles. The topological polar surface area (TPSA) is 38.1 Å². The summed E-state index contributed by atoms with van der Waals surface area (Å²) in [7, 11) is 0. The Morgan fingerprint density at radius 1 is 1.28 bits per heavy atom. The summed E-state index contributed by atoms with van der Waals surface area (Å²) < 4.78 is 1.85. The van der Waals surface area contributed by atoms with Crippen LogP contribution in [-0.2, 0) is 11.5 Å². The van der Waals surface area contributed by atoms with Crippen LogP contribution in [0, 0.1) is 0 Å². The van der Waals surface area contributed by atoms with Gasteiger partial charge in [-0.15, -0.1) is 0 Å². The molecule has 0 amide bonds. The van der Waals surface area contributed by atoms with Gasteiger partial charge in [-0.1, -0.05) is 29.8 Å². The number of aldehydes is 1. The van der Waals surface area contributed by atoms with E-state index < -0.39 is 0 Å². The number of fused-ring (bicyclic) bond motifs is 1. The summed E-state index contributed by atoms with van der Waals surface area (Å²) in [5.74, 6) is 0.703. The monoisotopic (exact) mass is 259 g/mol. The van der Waals surface area contributed by atoms with E-state index in [9.17, 15) is 4.79 Å². The van der Waals surface area contributed by atoms with Crippen LogP contribution in [0.3, 0.4) is 0 Å². The largest absolute Gasteiger partial charge is 0.320 e. The smallest absolute Gasteiger partial charge is 0.166 e. The van der Waals surface area contributed by atoms with Crippen molar-refractivity contribution in [1.29, 1.82) is 0 Å². The number of imidazole rings is 1. The molecule has 0 spiro atoms. The maximum Gasteiger partial charge on any atom is 0.166 e. The third-order valence-corrected chi connectivity index (χ3v) is 3.20. The van der Waals surface area contributed by atoms with Crippen LogP contribution < -0.4 is 4.90 Å². The summed E-state index contributed by atoms with van der Waals surface area (Å²) in [4.78, 5) is 17.2. The van der Waals surface area contributed by atoms with Crippen LogP contribution in [0.4, 0.5) is 5.69 Å². The highest BCUT2D eigenvalue weighted by Gasteiger charge is 2.20. The summed E-state index contributed by atoms with van der Waals surface area (Å²) in [6, 6.07) is 9.71. The summed E-state index contributed by atoms with van der Waals surface area (Å²) in [5.41, 5.74) is 1.53. The Morgan fingerprint density at radius 2 is 2.06 bits per heavy atom. The first-order chi connectivity index (χ1) is 8.79. The van der Waals surface area contributed by atoms with Crippen molar-refractivity contribution >= 4 is 29.7 Å². The number of nitrogens with zero attached hydrogens (tertiary/aromatic N) is 3. The minimum Gasteiger partial charge on any atom is -0.320 e. The van der Waals surface area contributed by atoms with Crippen LogP contribution in [0.1, 0.15) is 5.82 Å². The highest BCUT2D eigenvalue weighted by molar-refractivity contribution is 6.29. The Labute approximate surface area is 109 Å². The molecule has 0 unspecified atom stereocenters. The number of halogens is 1. The van der Waals surface area contributed by atoms with Gasteiger partial charge in [0, 0.05) is 11.8 Å². The average Bonchev–Trinajstić information content (AvgIpc) is 2.79. The lowest BCUT2D eigenvalue weighted by molar-refractivity contribution is -0.105. The van der Waals surface area contributed by atoms with Gasteiger partial charge in [0.1, 0.15) is 17.6 Å². The van der Waals surface area contributed by atoms with E-state index >= 15 is 0 Å². The minimum absolute atomic E-state index is 0.489. The minimum atomic E-state index is 0.489. The first kappa shape index (κ1) is 11.0. The number of carbonyl (C=O) groups is 1. The lowest BCUT2D eigenvalue weighted by atomic mass is 10.2. The molecule has 2 aromatic rings. The third-order valence-electron chi connectivity index (χ3n) is 2.90. The first-order valence-electron chi connectivity index (χ1n) is 5.50. The van der Waals surface area contributed by atoms with E-state index in [1.165, 1.54) is 0 Å². The number of hydrogen-bond donors (Lipinski definition) is 0. The molecule has 90 valence electrons. The van der Waals surface area contributed by atoms with Gasteiger partial charge in [-0.05, 0) is 12.1 Å². The van der Waals surface area contributed by atoms with E-state index in [0.717, 1.165) is 12.0 Å². The maximum atomic E-state index is 11.2. The van der Waals surface area contributed by atoms with Gasteiger partial charge in [0.05, 0.1) is 11.9 Å². The van der Waals surface area contributed by atoms with E-state index in [1.807, 2.05) is 39.8 Å². The molecule has 1 aromatic carbocycles. The molecule has 2 heterocycles. The fourth-order valence-corrected chi connectivity index (χ4v) is 2.18. The van der Waals surface area contributed by atoms with Crippen molar-refractivity contribution in [3.8, 4) is 0 Å². The number of allylic oxidation sites excluding steroid dienone is 1. The van der Waals surface area contributed by atoms with Crippen molar-refractivity contribution < 1.29 is 4.79 Å². The van der Waals surface area contributed by atoms with Gasteiger partial charge < -0.3 is 4.90 Å². The lowest BCUT2D eigenvalue weighted by Gasteiger charge is -2.29. The summed E-state index contributed by atoms with van der Waals surface area (Å²) in [6.45, 7) is 0.489. The molecule has 1 aliphatic heterocycles. The molecule has 0 fully saturated rings. The standard InChI is InChI=1S/C13H10ClN3O/c14-12-7-15-13-6-11(8-18)16(9-17(12)13)10-4-2-1-3-5-10/h1-8H,9H2. The van der Waals surface area contributed by atoms with Crippen molar-refractivity contribution in [2.45, 2.75) is 6.67 Å². The molecule has 0 bridgehead atoms. The Morgan fingerprint density at radius 3 is 2.78 bits per heavy atom. The Bertz CT molecular complexity index is 618. The Balaban J connectivity index is 2.08. The van der Waals surface area contributed by atoms with Crippen molar-refractivity contribution in [1.82, 2.24) is 9.55 Å². The van der Waals surface area contributed by atoms with Gasteiger partial charge in [0.2, 0.25) is 0 Å². The number of rotatable bonds is 2. The number of hydrogen-bond acceptors (Lipinski definition) is 3. The number of para-hydroxylation sites is 1. The second-order valence-electron chi connectivity index (χ2n) is 3.96. The molecule has 18 heavy (non-hydrogen) atoms. The van der Waals surface area contributed by atoms with Crippen LogP contribution in [-0.4, -0.2) is 15.8 Å². The third kappa shape index (κ3) is 1.71. The summed E-state index contributed by atoms with van der Waals surface area (Å²) in [5, 5.41) is 0.562. The number of benzene rings is 1. The number of carbonyl (C=O) groups excluding carboxylic acids is 1. The van der Waals surface area contributed by atoms with E-state index in [0.29, 0.717) is 23.3 Å². The molecule has 0 N–H and O–H groups in total. The highest BCUT2D eigenvalue weighted by Crippen LogP contribution is 2.26.